The minimum absolute atomic E-state index is 0.136. The topological polar surface area (TPSA) is 46.3 Å². The van der Waals surface area contributed by atoms with Crippen molar-refractivity contribution < 1.29 is 4.79 Å². The van der Waals surface area contributed by atoms with Crippen molar-refractivity contribution in [2.24, 2.45) is 5.73 Å². The Labute approximate surface area is 129 Å². The average Bonchev–Trinajstić information content (AvgIpc) is 2.82. The largest absolute Gasteiger partial charge is 0.336 e. The SMILES string of the molecule is Cc1ccc(Br)cc1CCC(=O)N1CCCC1(C)CN. The van der Waals surface area contributed by atoms with Crippen LogP contribution in [-0.4, -0.2) is 29.4 Å². The van der Waals surface area contributed by atoms with E-state index >= 15 is 0 Å². The van der Waals surface area contributed by atoms with Crippen LogP contribution >= 0.6 is 15.9 Å². The molecule has 1 aromatic rings. The Morgan fingerprint density at radius 1 is 1.50 bits per heavy atom. The highest BCUT2D eigenvalue weighted by atomic mass is 79.9. The van der Waals surface area contributed by atoms with Gasteiger partial charge in [0.2, 0.25) is 5.91 Å². The van der Waals surface area contributed by atoms with Gasteiger partial charge in [0.15, 0.2) is 0 Å². The summed E-state index contributed by atoms with van der Waals surface area (Å²) in [5.41, 5.74) is 8.19. The van der Waals surface area contributed by atoms with Gasteiger partial charge in [-0.3, -0.25) is 4.79 Å². The van der Waals surface area contributed by atoms with Crippen LogP contribution in [-0.2, 0) is 11.2 Å². The highest BCUT2D eigenvalue weighted by molar-refractivity contribution is 9.10. The number of benzene rings is 1. The first kappa shape index (κ1) is 15.5. The lowest BCUT2D eigenvalue weighted by atomic mass is 9.98. The van der Waals surface area contributed by atoms with Gasteiger partial charge < -0.3 is 10.6 Å². The Morgan fingerprint density at radius 2 is 2.25 bits per heavy atom. The van der Waals surface area contributed by atoms with Crippen molar-refractivity contribution in [2.45, 2.75) is 45.1 Å². The predicted molar refractivity (Wildman–Crippen MR) is 85.6 cm³/mol. The monoisotopic (exact) mass is 338 g/mol. The third kappa shape index (κ3) is 3.23. The van der Waals surface area contributed by atoms with Crippen molar-refractivity contribution >= 4 is 21.8 Å². The molecule has 1 atom stereocenters. The van der Waals surface area contributed by atoms with E-state index in [1.165, 1.54) is 11.1 Å². The number of carbonyl (C=O) groups is 1. The van der Waals surface area contributed by atoms with E-state index < -0.39 is 0 Å². The second-order valence-electron chi connectivity index (χ2n) is 5.92. The van der Waals surface area contributed by atoms with Crippen molar-refractivity contribution in [3.63, 3.8) is 0 Å². The fraction of sp³-hybridized carbons (Fsp3) is 0.562. The van der Waals surface area contributed by atoms with E-state index in [2.05, 4.69) is 41.9 Å². The van der Waals surface area contributed by atoms with E-state index in [1.54, 1.807) is 0 Å². The number of likely N-dealkylation sites (tertiary alicyclic amines) is 1. The molecular weight excluding hydrogens is 316 g/mol. The summed E-state index contributed by atoms with van der Waals surface area (Å²) in [7, 11) is 0. The number of aryl methyl sites for hydroxylation is 2. The number of amides is 1. The zero-order valence-electron chi connectivity index (χ0n) is 12.3. The molecule has 0 aromatic heterocycles. The van der Waals surface area contributed by atoms with Gasteiger partial charge in [-0.15, -0.1) is 0 Å². The molecule has 1 unspecified atom stereocenters. The maximum absolute atomic E-state index is 12.4. The normalized spacial score (nSPS) is 22.3. The van der Waals surface area contributed by atoms with Gasteiger partial charge in [-0.1, -0.05) is 22.0 Å². The second kappa shape index (κ2) is 6.27. The molecule has 110 valence electrons. The Hall–Kier alpha value is -0.870. The highest BCUT2D eigenvalue weighted by Gasteiger charge is 2.37. The molecule has 1 aliphatic heterocycles. The molecule has 1 heterocycles. The van der Waals surface area contributed by atoms with Gasteiger partial charge in [0.05, 0.1) is 5.54 Å². The number of hydrogen-bond acceptors (Lipinski definition) is 2. The quantitative estimate of drug-likeness (QED) is 0.917. The summed E-state index contributed by atoms with van der Waals surface area (Å²) in [4.78, 5) is 14.4. The molecular formula is C16H23BrN2O. The van der Waals surface area contributed by atoms with E-state index in [1.807, 2.05) is 11.0 Å². The first-order chi connectivity index (χ1) is 9.46. The van der Waals surface area contributed by atoms with Gasteiger partial charge >= 0.3 is 0 Å². The number of nitrogens with zero attached hydrogens (tertiary/aromatic N) is 1. The summed E-state index contributed by atoms with van der Waals surface area (Å²) < 4.78 is 1.07. The maximum atomic E-state index is 12.4. The second-order valence-corrected chi connectivity index (χ2v) is 6.84. The molecule has 1 fully saturated rings. The smallest absolute Gasteiger partial charge is 0.223 e. The molecule has 0 spiro atoms. The van der Waals surface area contributed by atoms with Gasteiger partial charge in [0, 0.05) is 24.0 Å². The van der Waals surface area contributed by atoms with Crippen LogP contribution in [0.15, 0.2) is 22.7 Å². The average molecular weight is 339 g/mol. The van der Waals surface area contributed by atoms with E-state index in [9.17, 15) is 4.79 Å². The molecule has 0 radical (unpaired) electrons. The molecule has 0 saturated carbocycles. The first-order valence-corrected chi connectivity index (χ1v) is 8.01. The molecule has 2 N–H and O–H groups in total. The molecule has 1 aliphatic rings. The van der Waals surface area contributed by atoms with Crippen LogP contribution in [0.1, 0.15) is 37.3 Å². The molecule has 0 bridgehead atoms. The Morgan fingerprint density at radius 3 is 2.95 bits per heavy atom. The molecule has 0 aliphatic carbocycles. The van der Waals surface area contributed by atoms with E-state index in [0.29, 0.717) is 13.0 Å². The van der Waals surface area contributed by atoms with Crippen molar-refractivity contribution in [3.05, 3.63) is 33.8 Å². The zero-order chi connectivity index (χ0) is 14.8. The van der Waals surface area contributed by atoms with Gasteiger partial charge in [0.1, 0.15) is 0 Å². The van der Waals surface area contributed by atoms with Crippen molar-refractivity contribution in [1.29, 1.82) is 0 Å². The number of carbonyl (C=O) groups excluding carboxylic acids is 1. The van der Waals surface area contributed by atoms with Crippen molar-refractivity contribution in [2.75, 3.05) is 13.1 Å². The molecule has 3 nitrogen and oxygen atoms in total. The molecule has 2 rings (SSSR count). The van der Waals surface area contributed by atoms with E-state index in [-0.39, 0.29) is 11.4 Å². The van der Waals surface area contributed by atoms with Gasteiger partial charge in [-0.25, -0.2) is 0 Å². The van der Waals surface area contributed by atoms with Crippen LogP contribution in [0.25, 0.3) is 0 Å². The van der Waals surface area contributed by atoms with E-state index in [4.69, 9.17) is 5.73 Å². The maximum Gasteiger partial charge on any atom is 0.223 e. The summed E-state index contributed by atoms with van der Waals surface area (Å²) in [6.45, 7) is 5.59. The highest BCUT2D eigenvalue weighted by Crippen LogP contribution is 2.29. The summed E-state index contributed by atoms with van der Waals surface area (Å²) in [6.07, 6.45) is 3.44. The van der Waals surface area contributed by atoms with Crippen LogP contribution in [0, 0.1) is 6.92 Å². The zero-order valence-corrected chi connectivity index (χ0v) is 13.9. The van der Waals surface area contributed by atoms with Crippen LogP contribution < -0.4 is 5.73 Å². The third-order valence-electron chi connectivity index (χ3n) is 4.41. The van der Waals surface area contributed by atoms with Crippen molar-refractivity contribution in [1.82, 2.24) is 4.90 Å². The van der Waals surface area contributed by atoms with Crippen LogP contribution in [0.5, 0.6) is 0 Å². The lowest BCUT2D eigenvalue weighted by Crippen LogP contribution is -2.50. The molecule has 1 amide bonds. The minimum atomic E-state index is -0.136. The van der Waals surface area contributed by atoms with Crippen LogP contribution in [0.2, 0.25) is 0 Å². The predicted octanol–water partition coefficient (Wildman–Crippen LogP) is 3.03. The fourth-order valence-corrected chi connectivity index (χ4v) is 3.36. The van der Waals surface area contributed by atoms with Crippen LogP contribution in [0.4, 0.5) is 0 Å². The van der Waals surface area contributed by atoms with Crippen LogP contribution in [0.3, 0.4) is 0 Å². The van der Waals surface area contributed by atoms with E-state index in [0.717, 1.165) is 30.3 Å². The standard InChI is InChI=1S/C16H23BrN2O/c1-12-4-6-14(17)10-13(12)5-7-15(20)19-9-3-8-16(19,2)11-18/h4,6,10H,3,5,7-9,11,18H2,1-2H3. The van der Waals surface area contributed by atoms with Gasteiger partial charge in [-0.05, 0) is 56.4 Å². The Balaban J connectivity index is 2.00. The van der Waals surface area contributed by atoms with Gasteiger partial charge in [0.25, 0.3) is 0 Å². The number of nitrogens with two attached hydrogens (primary N) is 1. The van der Waals surface area contributed by atoms with Gasteiger partial charge in [-0.2, -0.15) is 0 Å². The Kier molecular flexibility index (Phi) is 4.86. The number of hydrogen-bond donors (Lipinski definition) is 1. The summed E-state index contributed by atoms with van der Waals surface area (Å²) in [5.74, 6) is 0.231. The summed E-state index contributed by atoms with van der Waals surface area (Å²) in [5, 5.41) is 0. The lowest BCUT2D eigenvalue weighted by molar-refractivity contribution is -0.134. The minimum Gasteiger partial charge on any atom is -0.336 e. The number of rotatable bonds is 4. The number of halogens is 1. The van der Waals surface area contributed by atoms with Crippen molar-refractivity contribution in [3.8, 4) is 0 Å². The molecule has 1 saturated heterocycles. The third-order valence-corrected chi connectivity index (χ3v) is 4.90. The molecule has 1 aromatic carbocycles. The molecule has 20 heavy (non-hydrogen) atoms. The first-order valence-electron chi connectivity index (χ1n) is 7.22. The molecule has 4 heteroatoms. The summed E-state index contributed by atoms with van der Waals surface area (Å²) >= 11 is 3.49. The Bertz CT molecular complexity index is 503. The lowest BCUT2D eigenvalue weighted by Gasteiger charge is -2.34. The summed E-state index contributed by atoms with van der Waals surface area (Å²) in [6, 6.07) is 6.23. The fourth-order valence-electron chi connectivity index (χ4n) is 2.95.